The molecule has 33 aromatic rings. The molecule has 0 N–H and O–H groups in total. The highest BCUT2D eigenvalue weighted by Gasteiger charge is 2.27. The van der Waals surface area contributed by atoms with E-state index >= 15 is 0 Å². The van der Waals surface area contributed by atoms with Crippen LogP contribution in [-0.2, 0) is 0 Å². The third-order valence-electron chi connectivity index (χ3n) is 30.6. The number of benzene rings is 21. The number of pyridine rings is 12. The van der Waals surface area contributed by atoms with Crippen LogP contribution >= 0.6 is 0 Å². The quantitative estimate of drug-likeness (QED) is 0.115. The molecule has 0 bridgehead atoms. The van der Waals surface area contributed by atoms with Crippen molar-refractivity contribution in [2.75, 3.05) is 0 Å². The molecule has 0 aliphatic carbocycles. The van der Waals surface area contributed by atoms with Crippen molar-refractivity contribution >= 4 is 261 Å². The van der Waals surface area contributed by atoms with Crippen molar-refractivity contribution in [1.82, 2.24) is 59.8 Å². The van der Waals surface area contributed by atoms with Gasteiger partial charge in [-0.15, -0.1) is 0 Å². The third kappa shape index (κ3) is 12.7. The molecular formula is C136H76N12. The first-order chi connectivity index (χ1) is 73.4. The average Bonchev–Trinajstić information content (AvgIpc) is 0.708. The second-order valence-corrected chi connectivity index (χ2v) is 38.5. The first-order valence-corrected chi connectivity index (χ1v) is 50.0. The van der Waals surface area contributed by atoms with E-state index in [-0.39, 0.29) is 0 Å². The van der Waals surface area contributed by atoms with Crippen molar-refractivity contribution in [3.05, 3.63) is 462 Å². The fraction of sp³-hybridized carbons (Fsp3) is 0. The standard InChI is InChI=1S/C50H28N4.C48H26N4.C38H22N4/c1-2-12-34-33(11-1)41-27-31(45-37-13-3-5-15-43(37)53-49-39(45)23-17-29-9-7-25-51-47(29)49)19-21-35(41)36-22-20-32(28-42(34)36)46-38-14-4-6-16-44(38)54-50-40(46)24-18-30-10-8-26-52-48(30)50;1-3-11-39-35(9-1)43(37-23-17-29-7-5-25-49-45(29)47(37)51-39)33-21-15-27-14-20-32-34(22-16-28-13-19-31(33)41(27)42(28)32)44-36-10-2-4-12-40(36)52-48-38(44)24-18-30-8-6-26-50-46(30)48;1-3-14-31-27(12-1)33(29-18-16-23-10-6-20-39-35(23)37(29)41-31)25-8-5-9-26(22-25)34-28-13-2-4-15-32(28)42-38-30(34)19-17-24-11-7-21-40-36(24)38/h1-28H;1-26H;1-22H. The number of para-hydroxylation sites is 6. The topological polar surface area (TPSA) is 155 Å². The van der Waals surface area contributed by atoms with Crippen LogP contribution < -0.4 is 0 Å². The molecule has 21 aromatic carbocycles. The van der Waals surface area contributed by atoms with Gasteiger partial charge in [0.15, 0.2) is 0 Å². The zero-order valence-corrected chi connectivity index (χ0v) is 79.2. The number of rotatable bonds is 6. The molecule has 0 saturated carbocycles. The minimum Gasteiger partial charge on any atom is -0.254 e. The van der Waals surface area contributed by atoms with Crippen LogP contribution in [0.1, 0.15) is 0 Å². The second-order valence-electron chi connectivity index (χ2n) is 38.5. The Morgan fingerprint density at radius 1 is 0.115 bits per heavy atom. The summed E-state index contributed by atoms with van der Waals surface area (Å²) in [4.78, 5) is 59.6. The molecule has 148 heavy (non-hydrogen) atoms. The van der Waals surface area contributed by atoms with Gasteiger partial charge in [-0.3, -0.25) is 29.9 Å². The van der Waals surface area contributed by atoms with E-state index in [2.05, 4.69) is 376 Å². The van der Waals surface area contributed by atoms with E-state index < -0.39 is 0 Å². The maximum absolute atomic E-state index is 5.20. The van der Waals surface area contributed by atoms with E-state index in [9.17, 15) is 0 Å². The zero-order valence-electron chi connectivity index (χ0n) is 79.2. The highest BCUT2D eigenvalue weighted by molar-refractivity contribution is 6.34. The summed E-state index contributed by atoms with van der Waals surface area (Å²) >= 11 is 0. The van der Waals surface area contributed by atoms with Gasteiger partial charge in [-0.2, -0.15) is 0 Å². The molecular weight excluding hydrogens is 1800 g/mol. The zero-order chi connectivity index (χ0) is 96.9. The van der Waals surface area contributed by atoms with Crippen LogP contribution in [0.5, 0.6) is 0 Å². The lowest BCUT2D eigenvalue weighted by molar-refractivity contribution is 1.40. The highest BCUT2D eigenvalue weighted by Crippen LogP contribution is 2.52. The Morgan fingerprint density at radius 3 is 0.601 bits per heavy atom. The predicted octanol–water partition coefficient (Wildman–Crippen LogP) is 34.9. The van der Waals surface area contributed by atoms with Gasteiger partial charge in [0, 0.05) is 168 Å². The highest BCUT2D eigenvalue weighted by atomic mass is 14.8. The summed E-state index contributed by atoms with van der Waals surface area (Å²) in [5.74, 6) is 0. The van der Waals surface area contributed by atoms with Gasteiger partial charge in [0.2, 0.25) is 0 Å². The molecule has 0 fully saturated rings. The third-order valence-corrected chi connectivity index (χ3v) is 30.6. The molecule has 680 valence electrons. The van der Waals surface area contributed by atoms with Gasteiger partial charge in [-0.05, 0) is 189 Å². The van der Waals surface area contributed by atoms with E-state index in [1.165, 1.54) is 109 Å². The molecule has 0 atom stereocenters. The molecule has 12 aromatic heterocycles. The molecule has 0 radical (unpaired) electrons. The first kappa shape index (κ1) is 82.6. The van der Waals surface area contributed by atoms with Crippen LogP contribution in [0.2, 0.25) is 0 Å². The summed E-state index contributed by atoms with van der Waals surface area (Å²) in [5, 5.41) is 34.8. The maximum Gasteiger partial charge on any atom is 0.0978 e. The van der Waals surface area contributed by atoms with Crippen molar-refractivity contribution in [2.45, 2.75) is 0 Å². The Bertz CT molecular complexity index is 11000. The molecule has 12 heteroatoms. The van der Waals surface area contributed by atoms with Crippen LogP contribution in [0.3, 0.4) is 0 Å². The van der Waals surface area contributed by atoms with Gasteiger partial charge in [0.05, 0.1) is 99.3 Å². The number of aromatic nitrogens is 12. The molecule has 0 saturated heterocycles. The van der Waals surface area contributed by atoms with Crippen LogP contribution in [0, 0.1) is 0 Å². The predicted molar refractivity (Wildman–Crippen MR) is 617 cm³/mol. The summed E-state index contributed by atoms with van der Waals surface area (Å²) in [6.45, 7) is 0. The summed E-state index contributed by atoms with van der Waals surface area (Å²) < 4.78 is 0. The van der Waals surface area contributed by atoms with Crippen molar-refractivity contribution in [1.29, 1.82) is 0 Å². The van der Waals surface area contributed by atoms with Gasteiger partial charge in [0.25, 0.3) is 0 Å². The number of hydrogen-bond acceptors (Lipinski definition) is 12. The summed E-state index contributed by atoms with van der Waals surface area (Å²) in [6.07, 6.45) is 11.1. The molecule has 33 rings (SSSR count). The van der Waals surface area contributed by atoms with Crippen molar-refractivity contribution in [2.24, 2.45) is 0 Å². The van der Waals surface area contributed by atoms with E-state index in [0.717, 1.165) is 219 Å². The summed E-state index contributed by atoms with van der Waals surface area (Å²) in [6, 6.07) is 152. The lowest BCUT2D eigenvalue weighted by Gasteiger charge is -2.19. The number of nitrogens with zero attached hydrogens (tertiary/aromatic N) is 12. The van der Waals surface area contributed by atoms with Crippen molar-refractivity contribution in [3.8, 4) is 66.8 Å². The Morgan fingerprint density at radius 2 is 0.324 bits per heavy atom. The molecule has 0 amide bonds. The SMILES string of the molecule is c1cc(-c2c3ccccc3nc3c2ccc2cccnc23)cc(-c2c3ccccc3nc3c2ccc2cccnc23)c1.c1cnc2c(c1)ccc1c(-c3ccc4c5ccc(-c6c7ccccc7nc7c6ccc6cccnc67)cc5c5ccccc5c4c3)c3ccccc3nc12.c1cnc2c(c1)ccc1c(-c3ccc4ccc5c(-c6c7ccccc7nc7c6ccc6cccnc67)ccc6ccc3c4c65)c3ccccc3nc12. The minimum atomic E-state index is 0.920. The molecule has 0 aliphatic rings. The van der Waals surface area contributed by atoms with Gasteiger partial charge in [-0.1, -0.05) is 334 Å². The van der Waals surface area contributed by atoms with Gasteiger partial charge in [0.1, 0.15) is 0 Å². The largest absolute Gasteiger partial charge is 0.254 e. The molecule has 0 spiro atoms. The summed E-state index contributed by atoms with van der Waals surface area (Å²) in [7, 11) is 0. The minimum absolute atomic E-state index is 0.920. The number of fused-ring (bicyclic) bond motifs is 30. The van der Waals surface area contributed by atoms with Gasteiger partial charge >= 0.3 is 0 Å². The Hall–Kier alpha value is -20.1. The van der Waals surface area contributed by atoms with Gasteiger partial charge < -0.3 is 0 Å². The van der Waals surface area contributed by atoms with Crippen LogP contribution in [0.25, 0.3) is 328 Å². The Labute approximate surface area is 843 Å². The molecule has 0 unspecified atom stereocenters. The van der Waals surface area contributed by atoms with E-state index in [1.807, 2.05) is 85.7 Å². The summed E-state index contributed by atoms with van der Waals surface area (Å²) in [5.41, 5.74) is 31.0. The Kier molecular flexibility index (Phi) is 18.3. The second kappa shape index (κ2) is 32.7. The normalized spacial score (nSPS) is 12.1. The van der Waals surface area contributed by atoms with Crippen LogP contribution in [0.4, 0.5) is 0 Å². The molecule has 12 heterocycles. The van der Waals surface area contributed by atoms with E-state index in [0.29, 0.717) is 0 Å². The Balaban J connectivity index is 0.000000101. The van der Waals surface area contributed by atoms with Crippen LogP contribution in [0.15, 0.2) is 462 Å². The number of hydrogen-bond donors (Lipinski definition) is 0. The lowest BCUT2D eigenvalue weighted by atomic mass is 9.85. The maximum atomic E-state index is 5.20. The fourth-order valence-corrected chi connectivity index (χ4v) is 24.1. The van der Waals surface area contributed by atoms with Crippen LogP contribution in [-0.4, -0.2) is 59.8 Å². The lowest BCUT2D eigenvalue weighted by Crippen LogP contribution is -1.94. The monoisotopic (exact) mass is 1880 g/mol. The van der Waals surface area contributed by atoms with E-state index in [4.69, 9.17) is 59.8 Å². The fourth-order valence-electron chi connectivity index (χ4n) is 24.1. The first-order valence-electron chi connectivity index (χ1n) is 50.0. The smallest absolute Gasteiger partial charge is 0.0978 e. The molecule has 12 nitrogen and oxygen atoms in total. The van der Waals surface area contributed by atoms with Crippen molar-refractivity contribution < 1.29 is 0 Å². The molecule has 0 aliphatic heterocycles. The van der Waals surface area contributed by atoms with Crippen molar-refractivity contribution in [3.63, 3.8) is 0 Å². The average molecular weight is 1880 g/mol. The van der Waals surface area contributed by atoms with E-state index in [1.54, 1.807) is 0 Å². The van der Waals surface area contributed by atoms with Gasteiger partial charge in [-0.25, -0.2) is 29.9 Å².